The van der Waals surface area contributed by atoms with Crippen LogP contribution in [-0.2, 0) is 15.9 Å². The number of methoxy groups -OCH3 is 1. The maximum Gasteiger partial charge on any atom is 0.250 e. The highest BCUT2D eigenvalue weighted by Crippen LogP contribution is 2.21. The van der Waals surface area contributed by atoms with E-state index in [0.717, 1.165) is 36.6 Å². The third-order valence-corrected chi connectivity index (χ3v) is 3.62. The van der Waals surface area contributed by atoms with Crippen molar-refractivity contribution in [3.05, 3.63) is 22.9 Å². The van der Waals surface area contributed by atoms with Crippen molar-refractivity contribution in [2.24, 2.45) is 5.73 Å². The van der Waals surface area contributed by atoms with E-state index in [0.29, 0.717) is 31.8 Å². The molecule has 1 aromatic heterocycles. The molecule has 1 fully saturated rings. The van der Waals surface area contributed by atoms with Gasteiger partial charge < -0.3 is 20.1 Å². The molecule has 6 nitrogen and oxygen atoms in total. The lowest BCUT2D eigenvalue weighted by molar-refractivity contribution is 0.0998. The van der Waals surface area contributed by atoms with Crippen molar-refractivity contribution in [2.45, 2.75) is 19.8 Å². The Balaban J connectivity index is 2.28. The summed E-state index contributed by atoms with van der Waals surface area (Å²) >= 11 is 0. The SMILES string of the molecule is COCCCc1nc(N2CCOCC2)cc(C)c1C(N)=O. The van der Waals surface area contributed by atoms with Gasteiger partial charge in [-0.15, -0.1) is 0 Å². The van der Waals surface area contributed by atoms with Gasteiger partial charge in [0.05, 0.1) is 24.5 Å². The van der Waals surface area contributed by atoms with Crippen LogP contribution in [0, 0.1) is 6.92 Å². The summed E-state index contributed by atoms with van der Waals surface area (Å²) in [5.74, 6) is 0.481. The molecule has 0 aromatic carbocycles. The normalized spacial score (nSPS) is 15.2. The Morgan fingerprint density at radius 1 is 1.48 bits per heavy atom. The molecule has 1 saturated heterocycles. The zero-order chi connectivity index (χ0) is 15.2. The van der Waals surface area contributed by atoms with E-state index in [1.54, 1.807) is 7.11 Å². The Morgan fingerprint density at radius 2 is 2.19 bits per heavy atom. The number of hydrogen-bond donors (Lipinski definition) is 1. The average Bonchev–Trinajstić information content (AvgIpc) is 2.47. The van der Waals surface area contributed by atoms with Crippen LogP contribution in [0.1, 0.15) is 28.0 Å². The summed E-state index contributed by atoms with van der Waals surface area (Å²) in [5.41, 5.74) is 7.69. The number of pyridine rings is 1. The van der Waals surface area contributed by atoms with Gasteiger partial charge in [0.1, 0.15) is 5.82 Å². The topological polar surface area (TPSA) is 77.7 Å². The van der Waals surface area contributed by atoms with Crippen molar-refractivity contribution in [1.82, 2.24) is 4.98 Å². The number of aryl methyl sites for hydroxylation is 2. The summed E-state index contributed by atoms with van der Waals surface area (Å²) in [7, 11) is 1.66. The molecule has 0 saturated carbocycles. The molecule has 0 spiro atoms. The molecule has 116 valence electrons. The van der Waals surface area contributed by atoms with Gasteiger partial charge in [-0.1, -0.05) is 0 Å². The van der Waals surface area contributed by atoms with Crippen molar-refractivity contribution < 1.29 is 14.3 Å². The number of morpholine rings is 1. The van der Waals surface area contributed by atoms with Crippen LogP contribution in [0.2, 0.25) is 0 Å². The fraction of sp³-hybridized carbons (Fsp3) is 0.600. The summed E-state index contributed by atoms with van der Waals surface area (Å²) in [6.07, 6.45) is 1.50. The van der Waals surface area contributed by atoms with Crippen molar-refractivity contribution in [3.8, 4) is 0 Å². The maximum absolute atomic E-state index is 11.7. The number of amides is 1. The van der Waals surface area contributed by atoms with E-state index < -0.39 is 5.91 Å². The zero-order valence-electron chi connectivity index (χ0n) is 12.7. The minimum Gasteiger partial charge on any atom is -0.385 e. The highest BCUT2D eigenvalue weighted by molar-refractivity contribution is 5.95. The Bertz CT molecular complexity index is 499. The Morgan fingerprint density at radius 3 is 2.81 bits per heavy atom. The maximum atomic E-state index is 11.7. The standard InChI is InChI=1S/C15H23N3O3/c1-11-10-13(18-5-8-21-9-6-18)17-12(4-3-7-20-2)14(11)15(16)19/h10H,3-9H2,1-2H3,(H2,16,19). The first kappa shape index (κ1) is 15.7. The van der Waals surface area contributed by atoms with Gasteiger partial charge in [0.25, 0.3) is 5.91 Å². The summed E-state index contributed by atoms with van der Waals surface area (Å²) in [5, 5.41) is 0. The molecule has 1 aromatic rings. The van der Waals surface area contributed by atoms with Gasteiger partial charge >= 0.3 is 0 Å². The molecular weight excluding hydrogens is 270 g/mol. The molecule has 2 N–H and O–H groups in total. The monoisotopic (exact) mass is 293 g/mol. The van der Waals surface area contributed by atoms with E-state index in [1.165, 1.54) is 0 Å². The minimum absolute atomic E-state index is 0.416. The molecule has 2 heterocycles. The van der Waals surface area contributed by atoms with Crippen LogP contribution in [0.25, 0.3) is 0 Å². The third kappa shape index (κ3) is 3.92. The van der Waals surface area contributed by atoms with Crippen LogP contribution in [0.4, 0.5) is 5.82 Å². The van der Waals surface area contributed by atoms with Crippen molar-refractivity contribution in [1.29, 1.82) is 0 Å². The second-order valence-corrected chi connectivity index (χ2v) is 5.18. The van der Waals surface area contributed by atoms with Crippen molar-refractivity contribution in [2.75, 3.05) is 44.9 Å². The van der Waals surface area contributed by atoms with Gasteiger partial charge in [-0.2, -0.15) is 0 Å². The van der Waals surface area contributed by atoms with Gasteiger partial charge in [0.15, 0.2) is 0 Å². The van der Waals surface area contributed by atoms with Crippen LogP contribution < -0.4 is 10.6 Å². The number of aromatic nitrogens is 1. The largest absolute Gasteiger partial charge is 0.385 e. The lowest BCUT2D eigenvalue weighted by Gasteiger charge is -2.29. The van der Waals surface area contributed by atoms with Crippen molar-refractivity contribution in [3.63, 3.8) is 0 Å². The average molecular weight is 293 g/mol. The molecule has 0 atom stereocenters. The minimum atomic E-state index is -0.416. The molecule has 1 amide bonds. The number of nitrogens with zero attached hydrogens (tertiary/aromatic N) is 2. The van der Waals surface area contributed by atoms with Gasteiger partial charge in [0, 0.05) is 26.8 Å². The number of anilines is 1. The van der Waals surface area contributed by atoms with Crippen LogP contribution in [-0.4, -0.2) is 50.9 Å². The summed E-state index contributed by atoms with van der Waals surface area (Å²) < 4.78 is 10.4. The van der Waals surface area contributed by atoms with E-state index in [2.05, 4.69) is 9.88 Å². The van der Waals surface area contributed by atoms with Crippen LogP contribution >= 0.6 is 0 Å². The molecule has 6 heteroatoms. The number of ether oxygens (including phenoxy) is 2. The van der Waals surface area contributed by atoms with Crippen LogP contribution in [0.15, 0.2) is 6.07 Å². The Hall–Kier alpha value is -1.66. The summed E-state index contributed by atoms with van der Waals surface area (Å²) in [6.45, 7) is 5.60. The van der Waals surface area contributed by atoms with E-state index in [-0.39, 0.29) is 0 Å². The van der Waals surface area contributed by atoms with Gasteiger partial charge in [-0.05, 0) is 31.4 Å². The van der Waals surface area contributed by atoms with Crippen LogP contribution in [0.5, 0.6) is 0 Å². The van der Waals surface area contributed by atoms with Crippen LogP contribution in [0.3, 0.4) is 0 Å². The second-order valence-electron chi connectivity index (χ2n) is 5.18. The van der Waals surface area contributed by atoms with Gasteiger partial charge in [-0.25, -0.2) is 4.98 Å². The third-order valence-electron chi connectivity index (χ3n) is 3.62. The molecule has 0 radical (unpaired) electrons. The van der Waals surface area contributed by atoms with E-state index in [4.69, 9.17) is 15.2 Å². The smallest absolute Gasteiger partial charge is 0.250 e. The fourth-order valence-corrected chi connectivity index (χ4v) is 2.58. The lowest BCUT2D eigenvalue weighted by Crippen LogP contribution is -2.37. The highest BCUT2D eigenvalue weighted by atomic mass is 16.5. The first-order chi connectivity index (χ1) is 10.1. The lowest BCUT2D eigenvalue weighted by atomic mass is 10.0. The van der Waals surface area contributed by atoms with Gasteiger partial charge in [-0.3, -0.25) is 4.79 Å². The summed E-state index contributed by atoms with van der Waals surface area (Å²) in [4.78, 5) is 18.5. The quantitative estimate of drug-likeness (QED) is 0.789. The highest BCUT2D eigenvalue weighted by Gasteiger charge is 2.18. The molecule has 0 bridgehead atoms. The molecule has 2 rings (SSSR count). The first-order valence-corrected chi connectivity index (χ1v) is 7.25. The van der Waals surface area contributed by atoms with E-state index in [9.17, 15) is 4.79 Å². The Labute approximate surface area is 125 Å². The Kier molecular flexibility index (Phi) is 5.52. The number of rotatable bonds is 6. The molecule has 21 heavy (non-hydrogen) atoms. The van der Waals surface area contributed by atoms with E-state index in [1.807, 2.05) is 13.0 Å². The number of hydrogen-bond acceptors (Lipinski definition) is 5. The number of carbonyl (C=O) groups excluding carboxylic acids is 1. The zero-order valence-corrected chi connectivity index (χ0v) is 12.7. The fourth-order valence-electron chi connectivity index (χ4n) is 2.58. The number of carbonyl (C=O) groups is 1. The predicted octanol–water partition coefficient (Wildman–Crippen LogP) is 0.905. The first-order valence-electron chi connectivity index (χ1n) is 7.25. The van der Waals surface area contributed by atoms with Crippen molar-refractivity contribution >= 4 is 11.7 Å². The second kappa shape index (κ2) is 7.38. The molecule has 1 aliphatic heterocycles. The number of primary amides is 1. The molecule has 1 aliphatic rings. The molecule has 0 aliphatic carbocycles. The number of nitrogens with two attached hydrogens (primary N) is 1. The predicted molar refractivity (Wildman–Crippen MR) is 80.7 cm³/mol. The molecule has 0 unspecified atom stereocenters. The molecular formula is C15H23N3O3. The van der Waals surface area contributed by atoms with Gasteiger partial charge in [0.2, 0.25) is 0 Å². The summed E-state index contributed by atoms with van der Waals surface area (Å²) in [6, 6.07) is 1.94. The van der Waals surface area contributed by atoms with E-state index >= 15 is 0 Å².